The number of amides is 1. The van der Waals surface area contributed by atoms with Crippen LogP contribution in [-0.4, -0.2) is 95.1 Å². The van der Waals surface area contributed by atoms with Crippen LogP contribution in [0, 0.1) is 11.7 Å². The summed E-state index contributed by atoms with van der Waals surface area (Å²) in [6, 6.07) is 11.6. The van der Waals surface area contributed by atoms with Gasteiger partial charge in [0.2, 0.25) is 5.95 Å². The lowest BCUT2D eigenvalue weighted by atomic mass is 9.94. The maximum absolute atomic E-state index is 15.5. The summed E-state index contributed by atoms with van der Waals surface area (Å²) in [5.74, 6) is -0.367. The minimum Gasteiger partial charge on any atom is -0.371 e. The molecule has 0 saturated carbocycles. The second-order valence-electron chi connectivity index (χ2n) is 13.8. The molecule has 280 valence electrons. The van der Waals surface area contributed by atoms with E-state index in [0.29, 0.717) is 49.4 Å². The molecular weight excluding hydrogens is 694 g/mol. The zero-order valence-electron chi connectivity index (χ0n) is 29.1. The Balaban J connectivity index is 0.929. The number of piperazine rings is 1. The number of nitrogens with two attached hydrogens (primary N) is 1. The molecule has 13 nitrogen and oxygen atoms in total. The predicted molar refractivity (Wildman–Crippen MR) is 193 cm³/mol. The molecule has 53 heavy (non-hydrogen) atoms. The number of hydrogen-bond acceptors (Lipinski definition) is 11. The normalized spacial score (nSPS) is 17.6. The lowest BCUT2D eigenvalue weighted by Crippen LogP contribution is -2.49. The number of anilines is 5. The van der Waals surface area contributed by atoms with E-state index >= 15 is 4.39 Å². The van der Waals surface area contributed by atoms with Crippen LogP contribution in [-0.2, 0) is 6.18 Å². The Morgan fingerprint density at radius 2 is 1.57 bits per heavy atom. The van der Waals surface area contributed by atoms with Gasteiger partial charge in [-0.25, -0.2) is 9.49 Å². The number of nitrogens with zero attached hydrogens (tertiary/aromatic N) is 8. The van der Waals surface area contributed by atoms with E-state index in [4.69, 9.17) is 5.73 Å². The first kappa shape index (κ1) is 36.1. The summed E-state index contributed by atoms with van der Waals surface area (Å²) in [6.07, 6.45) is 0.0993. The maximum atomic E-state index is 15.5. The molecule has 3 aliphatic heterocycles. The van der Waals surface area contributed by atoms with Gasteiger partial charge in [-0.2, -0.15) is 23.3 Å². The lowest BCUT2D eigenvalue weighted by molar-refractivity contribution is -0.137. The second kappa shape index (κ2) is 15.3. The number of halogens is 4. The minimum atomic E-state index is -4.56. The smallest absolute Gasteiger partial charge is 0.371 e. The van der Waals surface area contributed by atoms with Crippen molar-refractivity contribution in [2.24, 2.45) is 11.7 Å². The summed E-state index contributed by atoms with van der Waals surface area (Å²) in [5, 5.41) is 17.3. The average molecular weight is 736 g/mol. The number of primary amides is 1. The largest absolute Gasteiger partial charge is 0.418 e. The van der Waals surface area contributed by atoms with Crippen LogP contribution in [0.1, 0.15) is 48.2 Å². The number of H-pyrrole nitrogens is 1. The predicted octanol–water partition coefficient (Wildman–Crippen LogP) is 4.65. The molecule has 2 aromatic heterocycles. The van der Waals surface area contributed by atoms with Crippen molar-refractivity contribution in [3.8, 4) is 11.3 Å². The van der Waals surface area contributed by atoms with Gasteiger partial charge in [-0.3, -0.25) is 14.5 Å². The van der Waals surface area contributed by atoms with Crippen molar-refractivity contribution in [3.63, 3.8) is 0 Å². The first-order valence-electron chi connectivity index (χ1n) is 17.9. The van der Waals surface area contributed by atoms with Crippen LogP contribution in [0.5, 0.6) is 0 Å². The van der Waals surface area contributed by atoms with Crippen LogP contribution in [0.3, 0.4) is 0 Å². The number of alkyl halides is 3. The van der Waals surface area contributed by atoms with Gasteiger partial charge in [-0.05, 0) is 74.4 Å². The van der Waals surface area contributed by atoms with E-state index in [-0.39, 0.29) is 28.5 Å². The van der Waals surface area contributed by atoms with Crippen LogP contribution in [0.4, 0.5) is 46.4 Å². The van der Waals surface area contributed by atoms with Gasteiger partial charge in [0.1, 0.15) is 5.82 Å². The molecular formula is C36H41F4N11O2. The Hall–Kier alpha value is -5.32. The lowest BCUT2D eigenvalue weighted by Gasteiger charge is -2.40. The van der Waals surface area contributed by atoms with Crippen LogP contribution in [0.15, 0.2) is 53.3 Å². The molecule has 0 unspecified atom stereocenters. The van der Waals surface area contributed by atoms with Gasteiger partial charge in [0.05, 0.1) is 16.9 Å². The van der Waals surface area contributed by atoms with Crippen molar-refractivity contribution in [2.75, 3.05) is 78.9 Å². The Labute approximate surface area is 303 Å². The van der Waals surface area contributed by atoms with Crippen LogP contribution in [0.2, 0.25) is 0 Å². The third-order valence-electron chi connectivity index (χ3n) is 10.2. The highest BCUT2D eigenvalue weighted by molar-refractivity contribution is 5.96. The van der Waals surface area contributed by atoms with Crippen molar-refractivity contribution < 1.29 is 22.4 Å². The number of aromatic amines is 1. The molecule has 3 saturated heterocycles. The molecule has 0 aliphatic carbocycles. The quantitative estimate of drug-likeness (QED) is 0.206. The number of carbonyl (C=O) groups is 1. The topological polar surface area (TPSA) is 152 Å². The first-order valence-corrected chi connectivity index (χ1v) is 17.9. The number of aromatic nitrogens is 5. The van der Waals surface area contributed by atoms with Crippen LogP contribution >= 0.6 is 0 Å². The first-order chi connectivity index (χ1) is 25.5. The highest BCUT2D eigenvalue weighted by Crippen LogP contribution is 2.40. The molecule has 3 fully saturated rings. The molecule has 7 rings (SSSR count). The third-order valence-corrected chi connectivity index (χ3v) is 10.2. The van der Waals surface area contributed by atoms with Crippen LogP contribution in [0.25, 0.3) is 11.3 Å². The van der Waals surface area contributed by atoms with Gasteiger partial charge < -0.3 is 25.8 Å². The summed E-state index contributed by atoms with van der Waals surface area (Å²) >= 11 is 0. The van der Waals surface area contributed by atoms with E-state index in [1.54, 1.807) is 23.1 Å². The molecule has 0 bridgehead atoms. The van der Waals surface area contributed by atoms with Crippen LogP contribution < -0.4 is 31.3 Å². The van der Waals surface area contributed by atoms with Gasteiger partial charge in [0, 0.05) is 81.9 Å². The number of benzene rings is 2. The Kier molecular flexibility index (Phi) is 10.4. The zero-order chi connectivity index (χ0) is 37.1. The number of rotatable bonds is 9. The molecule has 3 aliphatic rings. The maximum Gasteiger partial charge on any atom is 0.418 e. The van der Waals surface area contributed by atoms with Gasteiger partial charge >= 0.3 is 6.18 Å². The fourth-order valence-corrected chi connectivity index (χ4v) is 7.37. The number of piperidine rings is 2. The molecule has 4 aromatic rings. The van der Waals surface area contributed by atoms with Crippen molar-refractivity contribution >= 4 is 34.7 Å². The summed E-state index contributed by atoms with van der Waals surface area (Å²) in [7, 11) is 0. The van der Waals surface area contributed by atoms with Gasteiger partial charge in [0.15, 0.2) is 11.5 Å². The van der Waals surface area contributed by atoms with E-state index in [1.807, 2.05) is 9.80 Å². The second-order valence-corrected chi connectivity index (χ2v) is 13.8. The molecule has 2 aromatic carbocycles. The van der Waals surface area contributed by atoms with E-state index in [9.17, 15) is 22.8 Å². The molecule has 0 radical (unpaired) electrons. The van der Waals surface area contributed by atoms with E-state index < -0.39 is 29.0 Å². The summed E-state index contributed by atoms with van der Waals surface area (Å²) in [5.41, 5.74) is 5.79. The average Bonchev–Trinajstić information content (AvgIpc) is 3.16. The molecule has 5 heterocycles. The van der Waals surface area contributed by atoms with E-state index in [0.717, 1.165) is 70.9 Å². The Morgan fingerprint density at radius 3 is 2.23 bits per heavy atom. The number of carbonyl (C=O) groups excluding carboxylic acids is 1. The molecule has 17 heteroatoms. The highest BCUT2D eigenvalue weighted by Gasteiger charge is 2.36. The summed E-state index contributed by atoms with van der Waals surface area (Å²) in [6.45, 7) is 6.10. The molecule has 4 N–H and O–H groups in total. The van der Waals surface area contributed by atoms with E-state index in [1.165, 1.54) is 24.3 Å². The highest BCUT2D eigenvalue weighted by atomic mass is 19.4. The Morgan fingerprint density at radius 1 is 0.849 bits per heavy atom. The SMILES string of the molecule is NC(=O)c1nnc(N2CCCCC2)nc1Nc1ccc(N2CCN(CC3CCN(c4ccc(-c5ccc(=O)[nH]n5)cc4C(F)(F)F)CC3)CC2)c(F)c1. The standard InChI is InChI=1S/C36H41F4N11O2/c37-27-21-25(42-34-32(33(41)53)46-47-35(43-34)51-12-2-1-3-13-51)5-8-30(27)50-18-16-48(17-19-50)22-23-10-14-49(15-11-23)29-7-4-24(20-26(29)36(38,39)40)28-6-9-31(52)45-44-28/h4-9,20-21,23H,1-3,10-19,22H2,(H2,41,53)(H,45,52)(H,42,43,47). The Bertz CT molecular complexity index is 1970. The van der Waals surface area contributed by atoms with Crippen molar-refractivity contribution in [1.82, 2.24) is 30.3 Å². The van der Waals surface area contributed by atoms with Crippen molar-refractivity contribution in [3.05, 3.63) is 76.0 Å². The van der Waals surface area contributed by atoms with E-state index in [2.05, 4.69) is 35.6 Å². The zero-order valence-corrected chi connectivity index (χ0v) is 29.1. The minimum absolute atomic E-state index is 0.124. The molecule has 0 spiro atoms. The van der Waals surface area contributed by atoms with Gasteiger partial charge in [-0.15, -0.1) is 10.2 Å². The number of nitrogens with one attached hydrogen (secondary N) is 2. The van der Waals surface area contributed by atoms with Gasteiger partial charge in [-0.1, -0.05) is 6.07 Å². The number of hydrogen-bond donors (Lipinski definition) is 3. The van der Waals surface area contributed by atoms with Crippen molar-refractivity contribution in [2.45, 2.75) is 38.3 Å². The fraction of sp³-hybridized carbons (Fsp3) is 0.444. The summed E-state index contributed by atoms with van der Waals surface area (Å²) < 4.78 is 58.1. The van der Waals surface area contributed by atoms with Gasteiger partial charge in [0.25, 0.3) is 11.5 Å². The fourth-order valence-electron chi connectivity index (χ4n) is 7.37. The molecule has 1 amide bonds. The third kappa shape index (κ3) is 8.34. The van der Waals surface area contributed by atoms with Crippen molar-refractivity contribution in [1.29, 1.82) is 0 Å². The molecule has 0 atom stereocenters. The summed E-state index contributed by atoms with van der Waals surface area (Å²) in [4.78, 5) is 36.0. The monoisotopic (exact) mass is 735 g/mol.